The number of carbonyl (C=O) groups is 1. The normalized spacial score (nSPS) is 14.6. The fourth-order valence-electron chi connectivity index (χ4n) is 2.92. The lowest BCUT2D eigenvalue weighted by Crippen LogP contribution is -2.49. The summed E-state index contributed by atoms with van der Waals surface area (Å²) in [4.78, 5) is 30.8. The Morgan fingerprint density at radius 3 is 2.68 bits per heavy atom. The van der Waals surface area contributed by atoms with E-state index in [1.54, 1.807) is 11.8 Å². The topological polar surface area (TPSA) is 84.5 Å². The molecule has 2 heterocycles. The maximum atomic E-state index is 12.5. The summed E-state index contributed by atoms with van der Waals surface area (Å²) < 4.78 is 1.34. The van der Waals surface area contributed by atoms with Crippen molar-refractivity contribution < 1.29 is 9.72 Å². The molecule has 0 atom stereocenters. The molecule has 132 valence electrons. The maximum absolute atomic E-state index is 12.5. The average Bonchev–Trinajstić information content (AvgIpc) is 2.96. The number of anilines is 1. The summed E-state index contributed by atoms with van der Waals surface area (Å²) in [5, 5.41) is 11.7. The number of nitro groups is 1. The minimum absolute atomic E-state index is 0.0701. The zero-order valence-electron chi connectivity index (χ0n) is 13.8. The van der Waals surface area contributed by atoms with Gasteiger partial charge in [0.2, 0.25) is 0 Å². The minimum Gasteiger partial charge on any atom is -0.368 e. The third-order valence-electron chi connectivity index (χ3n) is 4.32. The van der Waals surface area contributed by atoms with Gasteiger partial charge in [-0.3, -0.25) is 4.79 Å². The number of nitrogens with zero attached hydrogens (tertiary/aromatic N) is 5. The molecule has 8 nitrogen and oxygen atoms in total. The molecule has 0 bridgehead atoms. The molecule has 1 aromatic heterocycles. The number of hydrogen-bond acceptors (Lipinski definition) is 5. The van der Waals surface area contributed by atoms with Crippen molar-refractivity contribution in [1.82, 2.24) is 14.5 Å². The van der Waals surface area contributed by atoms with Crippen molar-refractivity contribution in [1.29, 1.82) is 0 Å². The van der Waals surface area contributed by atoms with Gasteiger partial charge in [-0.1, -0.05) is 17.7 Å². The van der Waals surface area contributed by atoms with E-state index in [0.717, 1.165) is 5.69 Å². The lowest BCUT2D eigenvalue weighted by Gasteiger charge is -2.36. The molecule has 1 aliphatic rings. The van der Waals surface area contributed by atoms with Crippen LogP contribution in [0.1, 0.15) is 5.82 Å². The minimum atomic E-state index is -0.523. The first kappa shape index (κ1) is 17.2. The number of amides is 1. The number of hydrogen-bond donors (Lipinski definition) is 0. The van der Waals surface area contributed by atoms with Crippen LogP contribution in [0.15, 0.2) is 30.5 Å². The second kappa shape index (κ2) is 7.10. The molecule has 0 spiro atoms. The van der Waals surface area contributed by atoms with Crippen LogP contribution in [0.2, 0.25) is 5.02 Å². The van der Waals surface area contributed by atoms with Crippen molar-refractivity contribution in [2.24, 2.45) is 0 Å². The highest BCUT2D eigenvalue weighted by molar-refractivity contribution is 6.30. The summed E-state index contributed by atoms with van der Waals surface area (Å²) in [6.07, 6.45) is 1.18. The molecule has 0 N–H and O–H groups in total. The Bertz CT molecular complexity index is 799. The molecular formula is C16H18ClN5O3. The second-order valence-corrected chi connectivity index (χ2v) is 6.29. The number of carbonyl (C=O) groups excluding carboxylic acids is 1. The number of piperazine rings is 1. The van der Waals surface area contributed by atoms with Crippen LogP contribution in [-0.2, 0) is 11.3 Å². The van der Waals surface area contributed by atoms with Gasteiger partial charge >= 0.3 is 5.82 Å². The Balaban J connectivity index is 1.62. The zero-order chi connectivity index (χ0) is 18.0. The van der Waals surface area contributed by atoms with Crippen LogP contribution in [-0.4, -0.2) is 51.5 Å². The van der Waals surface area contributed by atoms with Crippen LogP contribution >= 0.6 is 11.6 Å². The largest absolute Gasteiger partial charge is 0.368 e. The highest BCUT2D eigenvalue weighted by Crippen LogP contribution is 2.21. The molecule has 1 aromatic carbocycles. The average molecular weight is 364 g/mol. The van der Waals surface area contributed by atoms with Gasteiger partial charge in [0.1, 0.15) is 6.20 Å². The molecule has 3 rings (SSSR count). The van der Waals surface area contributed by atoms with Crippen molar-refractivity contribution in [3.8, 4) is 0 Å². The quantitative estimate of drug-likeness (QED) is 0.613. The van der Waals surface area contributed by atoms with Crippen molar-refractivity contribution in [2.75, 3.05) is 31.1 Å². The molecule has 25 heavy (non-hydrogen) atoms. The van der Waals surface area contributed by atoms with Gasteiger partial charge in [0.15, 0.2) is 12.4 Å². The molecule has 1 saturated heterocycles. The van der Waals surface area contributed by atoms with Crippen LogP contribution in [0, 0.1) is 17.0 Å². The summed E-state index contributed by atoms with van der Waals surface area (Å²) in [5.74, 6) is 0.149. The Kier molecular flexibility index (Phi) is 4.89. The van der Waals surface area contributed by atoms with E-state index in [9.17, 15) is 14.9 Å². The fraction of sp³-hybridized carbons (Fsp3) is 0.375. The number of aromatic nitrogens is 2. The van der Waals surface area contributed by atoms with E-state index in [0.29, 0.717) is 37.0 Å². The Hall–Kier alpha value is -2.61. The zero-order valence-corrected chi connectivity index (χ0v) is 14.5. The van der Waals surface area contributed by atoms with Crippen LogP contribution in [0.5, 0.6) is 0 Å². The molecular weight excluding hydrogens is 346 g/mol. The summed E-state index contributed by atoms with van der Waals surface area (Å²) in [6.45, 7) is 4.09. The third-order valence-corrected chi connectivity index (χ3v) is 4.56. The predicted octanol–water partition coefficient (Wildman–Crippen LogP) is 2.10. The molecule has 0 unspecified atom stereocenters. The SMILES string of the molecule is Cc1ncc([N+](=O)[O-])n1CC(=O)N1CCN(c2cccc(Cl)c2)CC1. The number of halogens is 1. The van der Waals surface area contributed by atoms with Crippen LogP contribution < -0.4 is 4.90 Å². The first-order chi connectivity index (χ1) is 12.0. The second-order valence-electron chi connectivity index (χ2n) is 5.85. The molecule has 9 heteroatoms. The molecule has 1 aliphatic heterocycles. The smallest absolute Gasteiger partial charge is 0.343 e. The Labute approximate surface area is 149 Å². The van der Waals surface area contributed by atoms with Crippen LogP contribution in [0.3, 0.4) is 0 Å². The molecule has 1 amide bonds. The van der Waals surface area contributed by atoms with E-state index in [-0.39, 0.29) is 18.3 Å². The fourth-order valence-corrected chi connectivity index (χ4v) is 3.10. The maximum Gasteiger partial charge on any atom is 0.343 e. The Morgan fingerprint density at radius 2 is 2.04 bits per heavy atom. The van der Waals surface area contributed by atoms with E-state index in [1.807, 2.05) is 24.3 Å². The number of imidazole rings is 1. The highest BCUT2D eigenvalue weighted by atomic mass is 35.5. The Morgan fingerprint density at radius 1 is 1.32 bits per heavy atom. The van der Waals surface area contributed by atoms with E-state index < -0.39 is 4.92 Å². The van der Waals surface area contributed by atoms with Gasteiger partial charge in [-0.05, 0) is 23.1 Å². The van der Waals surface area contributed by atoms with Crippen LogP contribution in [0.4, 0.5) is 11.5 Å². The van der Waals surface area contributed by atoms with Crippen molar-refractivity contribution in [2.45, 2.75) is 13.5 Å². The summed E-state index contributed by atoms with van der Waals surface area (Å²) in [7, 11) is 0. The van der Waals surface area contributed by atoms with Gasteiger partial charge in [0, 0.05) is 43.8 Å². The summed E-state index contributed by atoms with van der Waals surface area (Å²) in [6, 6.07) is 7.61. The number of rotatable bonds is 4. The lowest BCUT2D eigenvalue weighted by atomic mass is 10.2. The number of benzene rings is 1. The molecule has 0 aliphatic carbocycles. The monoisotopic (exact) mass is 363 g/mol. The van der Waals surface area contributed by atoms with Crippen molar-refractivity contribution >= 4 is 29.0 Å². The molecule has 1 fully saturated rings. The first-order valence-electron chi connectivity index (χ1n) is 7.90. The van der Waals surface area contributed by atoms with Gasteiger partial charge < -0.3 is 19.9 Å². The highest BCUT2D eigenvalue weighted by Gasteiger charge is 2.26. The standard InChI is InChI=1S/C16H18ClN5O3/c1-12-18-10-15(22(24)25)21(12)11-16(23)20-7-5-19(6-8-20)14-4-2-3-13(17)9-14/h2-4,9-10H,5-8,11H2,1H3. The van der Waals surface area contributed by atoms with Gasteiger partial charge in [-0.2, -0.15) is 0 Å². The van der Waals surface area contributed by atoms with E-state index in [1.165, 1.54) is 10.8 Å². The van der Waals surface area contributed by atoms with E-state index >= 15 is 0 Å². The summed E-state index contributed by atoms with van der Waals surface area (Å²) in [5.41, 5.74) is 1.03. The van der Waals surface area contributed by atoms with Crippen molar-refractivity contribution in [3.63, 3.8) is 0 Å². The third kappa shape index (κ3) is 3.74. The predicted molar refractivity (Wildman–Crippen MR) is 93.9 cm³/mol. The first-order valence-corrected chi connectivity index (χ1v) is 8.28. The van der Waals surface area contributed by atoms with Crippen LogP contribution in [0.25, 0.3) is 0 Å². The lowest BCUT2D eigenvalue weighted by molar-refractivity contribution is -0.392. The van der Waals surface area contributed by atoms with Gasteiger partial charge in [0.05, 0.1) is 0 Å². The van der Waals surface area contributed by atoms with Gasteiger partial charge in [-0.25, -0.2) is 9.55 Å². The molecule has 0 saturated carbocycles. The number of aryl methyl sites for hydroxylation is 1. The van der Waals surface area contributed by atoms with Gasteiger partial charge in [0.25, 0.3) is 5.91 Å². The van der Waals surface area contributed by atoms with E-state index in [2.05, 4.69) is 9.88 Å². The van der Waals surface area contributed by atoms with Crippen molar-refractivity contribution in [3.05, 3.63) is 51.4 Å². The molecule has 0 radical (unpaired) electrons. The molecule has 2 aromatic rings. The van der Waals surface area contributed by atoms with E-state index in [4.69, 9.17) is 11.6 Å². The summed E-state index contributed by atoms with van der Waals surface area (Å²) >= 11 is 6.02. The van der Waals surface area contributed by atoms with Gasteiger partial charge in [-0.15, -0.1) is 0 Å².